The Labute approximate surface area is 201 Å². The number of nitro benzene ring substituents is 1. The molecule has 4 rings (SSSR count). The molecular weight excluding hydrogens is 457 g/mol. The van der Waals surface area contributed by atoms with Gasteiger partial charge in [-0.05, 0) is 29.3 Å². The molecule has 7 nitrogen and oxygen atoms in total. The van der Waals surface area contributed by atoms with Crippen molar-refractivity contribution in [2.75, 3.05) is 26.3 Å². The highest BCUT2D eigenvalue weighted by Crippen LogP contribution is 2.34. The minimum absolute atomic E-state index is 0.131. The number of benzene rings is 3. The first-order valence-electron chi connectivity index (χ1n) is 10.9. The molecule has 1 fully saturated rings. The van der Waals surface area contributed by atoms with Gasteiger partial charge in [-0.1, -0.05) is 48.2 Å². The molecule has 1 N–H and O–H groups in total. The van der Waals surface area contributed by atoms with Gasteiger partial charge in [0, 0.05) is 48.1 Å². The van der Waals surface area contributed by atoms with Gasteiger partial charge in [-0.25, -0.2) is 4.39 Å². The van der Waals surface area contributed by atoms with E-state index in [0.717, 1.165) is 55.7 Å². The molecule has 176 valence electrons. The van der Waals surface area contributed by atoms with E-state index in [0.29, 0.717) is 9.79 Å². The van der Waals surface area contributed by atoms with E-state index < -0.39 is 16.6 Å². The molecule has 3 aromatic rings. The minimum atomic E-state index is -0.552. The number of morpholine rings is 1. The van der Waals surface area contributed by atoms with Crippen molar-refractivity contribution < 1.29 is 18.8 Å². The number of nitrogens with one attached hydrogen (secondary N) is 1. The first-order chi connectivity index (χ1) is 16.5. The van der Waals surface area contributed by atoms with Crippen molar-refractivity contribution in [1.29, 1.82) is 0 Å². The average molecular weight is 482 g/mol. The summed E-state index contributed by atoms with van der Waals surface area (Å²) in [5.74, 6) is -0.879. The summed E-state index contributed by atoms with van der Waals surface area (Å²) in [4.78, 5) is 26.8. The predicted octanol–water partition coefficient (Wildman–Crippen LogP) is 4.65. The van der Waals surface area contributed by atoms with Gasteiger partial charge in [0.1, 0.15) is 5.82 Å². The average Bonchev–Trinajstić information content (AvgIpc) is 2.85. The van der Waals surface area contributed by atoms with Gasteiger partial charge in [0.05, 0.1) is 23.7 Å². The second-order valence-corrected chi connectivity index (χ2v) is 8.94. The first kappa shape index (κ1) is 23.9. The third-order valence-corrected chi connectivity index (χ3v) is 6.56. The fourth-order valence-corrected chi connectivity index (χ4v) is 4.62. The van der Waals surface area contributed by atoms with Crippen LogP contribution in [-0.2, 0) is 17.8 Å². The zero-order valence-corrected chi connectivity index (χ0v) is 19.2. The molecule has 3 aromatic carbocycles. The Balaban J connectivity index is 1.48. The van der Waals surface area contributed by atoms with Gasteiger partial charge >= 0.3 is 0 Å². The van der Waals surface area contributed by atoms with E-state index in [4.69, 9.17) is 4.74 Å². The molecule has 0 aliphatic carbocycles. The monoisotopic (exact) mass is 481 g/mol. The Bertz CT molecular complexity index is 1180. The molecule has 9 heteroatoms. The summed E-state index contributed by atoms with van der Waals surface area (Å²) in [6, 6.07) is 18.2. The standard InChI is InChI=1S/C25H24FN3O4S/c26-22-6-1-2-7-24(22)34-23-9-8-20(29(31)32)15-21(23)25(30)27-16-18-4-3-5-19(14-18)17-28-10-12-33-13-11-28/h1-9,14-15H,10-13,16-17H2,(H,27,30). The number of hydrogen-bond acceptors (Lipinski definition) is 6. The number of hydrogen-bond donors (Lipinski definition) is 1. The molecule has 0 saturated carbocycles. The lowest BCUT2D eigenvalue weighted by Gasteiger charge is -2.26. The number of ether oxygens (including phenoxy) is 1. The maximum absolute atomic E-state index is 14.2. The van der Waals surface area contributed by atoms with Crippen molar-refractivity contribution in [2.45, 2.75) is 22.9 Å². The van der Waals surface area contributed by atoms with Crippen LogP contribution < -0.4 is 5.32 Å². The van der Waals surface area contributed by atoms with E-state index in [9.17, 15) is 19.3 Å². The van der Waals surface area contributed by atoms with Crippen LogP contribution in [0, 0.1) is 15.9 Å². The Morgan fingerprint density at radius 1 is 1.03 bits per heavy atom. The molecule has 1 amide bonds. The lowest BCUT2D eigenvalue weighted by molar-refractivity contribution is -0.384. The summed E-state index contributed by atoms with van der Waals surface area (Å²) in [5.41, 5.74) is 2.00. The zero-order chi connectivity index (χ0) is 23.9. The Morgan fingerprint density at radius 3 is 2.56 bits per heavy atom. The Morgan fingerprint density at radius 2 is 1.79 bits per heavy atom. The van der Waals surface area contributed by atoms with Crippen molar-refractivity contribution in [1.82, 2.24) is 10.2 Å². The van der Waals surface area contributed by atoms with Gasteiger partial charge in [0.2, 0.25) is 0 Å². The van der Waals surface area contributed by atoms with Gasteiger partial charge in [-0.15, -0.1) is 0 Å². The van der Waals surface area contributed by atoms with E-state index in [1.165, 1.54) is 24.3 Å². The van der Waals surface area contributed by atoms with Crippen LogP contribution in [0.1, 0.15) is 21.5 Å². The van der Waals surface area contributed by atoms with Crippen LogP contribution in [-0.4, -0.2) is 42.0 Å². The van der Waals surface area contributed by atoms with Crippen LogP contribution in [0.5, 0.6) is 0 Å². The highest BCUT2D eigenvalue weighted by molar-refractivity contribution is 7.99. The predicted molar refractivity (Wildman–Crippen MR) is 127 cm³/mol. The third kappa shape index (κ3) is 6.19. The van der Waals surface area contributed by atoms with Gasteiger partial charge in [-0.2, -0.15) is 0 Å². The molecule has 0 unspecified atom stereocenters. The van der Waals surface area contributed by atoms with Crippen LogP contribution >= 0.6 is 11.8 Å². The van der Waals surface area contributed by atoms with Crippen LogP contribution in [0.4, 0.5) is 10.1 Å². The second kappa shape index (κ2) is 11.2. The van der Waals surface area contributed by atoms with E-state index in [1.54, 1.807) is 18.2 Å². The van der Waals surface area contributed by atoms with Gasteiger partial charge in [-0.3, -0.25) is 19.8 Å². The van der Waals surface area contributed by atoms with Crippen molar-refractivity contribution >= 4 is 23.4 Å². The van der Waals surface area contributed by atoms with E-state index >= 15 is 0 Å². The maximum atomic E-state index is 14.2. The number of amides is 1. The highest BCUT2D eigenvalue weighted by Gasteiger charge is 2.19. The number of nitrogens with zero attached hydrogens (tertiary/aromatic N) is 2. The molecule has 0 atom stereocenters. The summed E-state index contributed by atoms with van der Waals surface area (Å²) >= 11 is 1.06. The van der Waals surface area contributed by atoms with E-state index in [2.05, 4.69) is 10.2 Å². The number of halogens is 1. The lowest BCUT2D eigenvalue weighted by atomic mass is 10.1. The van der Waals surface area contributed by atoms with Crippen molar-refractivity contribution in [2.24, 2.45) is 0 Å². The van der Waals surface area contributed by atoms with Gasteiger partial charge < -0.3 is 10.1 Å². The van der Waals surface area contributed by atoms with Crippen LogP contribution in [0.25, 0.3) is 0 Å². The molecule has 1 saturated heterocycles. The van der Waals surface area contributed by atoms with E-state index in [-0.39, 0.29) is 17.8 Å². The molecule has 34 heavy (non-hydrogen) atoms. The second-order valence-electron chi connectivity index (χ2n) is 7.86. The molecule has 1 aliphatic rings. The smallest absolute Gasteiger partial charge is 0.270 e. The largest absolute Gasteiger partial charge is 0.379 e. The third-order valence-electron chi connectivity index (χ3n) is 5.43. The van der Waals surface area contributed by atoms with Crippen molar-refractivity contribution in [3.05, 3.63) is 99.4 Å². The quantitative estimate of drug-likeness (QED) is 0.373. The molecule has 0 aromatic heterocycles. The number of rotatable bonds is 8. The number of carbonyl (C=O) groups excluding carboxylic acids is 1. The molecule has 0 bridgehead atoms. The van der Waals surface area contributed by atoms with Crippen molar-refractivity contribution in [3.63, 3.8) is 0 Å². The minimum Gasteiger partial charge on any atom is -0.379 e. The summed E-state index contributed by atoms with van der Waals surface area (Å²) < 4.78 is 19.5. The molecule has 0 spiro atoms. The molecule has 1 aliphatic heterocycles. The topological polar surface area (TPSA) is 84.7 Å². The summed E-state index contributed by atoms with van der Waals surface area (Å²) in [7, 11) is 0. The van der Waals surface area contributed by atoms with Crippen LogP contribution in [0.15, 0.2) is 76.5 Å². The number of nitro groups is 1. The normalized spacial score (nSPS) is 14.0. The summed E-state index contributed by atoms with van der Waals surface area (Å²) in [6.07, 6.45) is 0. The lowest BCUT2D eigenvalue weighted by Crippen LogP contribution is -2.35. The van der Waals surface area contributed by atoms with E-state index in [1.807, 2.05) is 24.3 Å². The fourth-order valence-electron chi connectivity index (χ4n) is 3.68. The van der Waals surface area contributed by atoms with Gasteiger partial charge in [0.25, 0.3) is 11.6 Å². The summed E-state index contributed by atoms with van der Waals surface area (Å²) in [5, 5.41) is 14.1. The molecule has 0 radical (unpaired) electrons. The zero-order valence-electron chi connectivity index (χ0n) is 18.4. The maximum Gasteiger partial charge on any atom is 0.270 e. The Kier molecular flexibility index (Phi) is 7.89. The molecule has 1 heterocycles. The SMILES string of the molecule is O=C(NCc1cccc(CN2CCOCC2)c1)c1cc([N+](=O)[O-])ccc1Sc1ccccc1F. The Hall–Kier alpha value is -3.27. The highest BCUT2D eigenvalue weighted by atomic mass is 32.2. The number of carbonyl (C=O) groups is 1. The molecular formula is C25H24FN3O4S. The van der Waals surface area contributed by atoms with Crippen molar-refractivity contribution in [3.8, 4) is 0 Å². The first-order valence-corrected chi connectivity index (χ1v) is 11.7. The van der Waals surface area contributed by atoms with Crippen LogP contribution in [0.2, 0.25) is 0 Å². The fraction of sp³-hybridized carbons (Fsp3) is 0.240. The van der Waals surface area contributed by atoms with Crippen LogP contribution in [0.3, 0.4) is 0 Å². The van der Waals surface area contributed by atoms with Gasteiger partial charge in [0.15, 0.2) is 0 Å². The summed E-state index contributed by atoms with van der Waals surface area (Å²) in [6.45, 7) is 4.30. The number of non-ortho nitro benzene ring substituents is 1.